The third-order valence-corrected chi connectivity index (χ3v) is 5.91. The zero-order valence-corrected chi connectivity index (χ0v) is 12.9. The van der Waals surface area contributed by atoms with Crippen molar-refractivity contribution in [3.05, 3.63) is 59.4 Å². The fraction of sp³-hybridized carbons (Fsp3) is 0.188. The van der Waals surface area contributed by atoms with Gasteiger partial charge in [0.1, 0.15) is 0 Å². The molecule has 1 aromatic heterocycles. The van der Waals surface area contributed by atoms with Gasteiger partial charge in [-0.2, -0.15) is 11.1 Å². The molecule has 0 unspecified atom stereocenters. The van der Waals surface area contributed by atoms with Crippen LogP contribution in [0.5, 0.6) is 0 Å². The third kappa shape index (κ3) is 2.38. The van der Waals surface area contributed by atoms with Gasteiger partial charge in [-0.15, -0.1) is 0 Å². The van der Waals surface area contributed by atoms with Crippen LogP contribution in [0, 0.1) is 0 Å². The second-order valence-corrected chi connectivity index (χ2v) is 11.7. The number of hydrogen-bond donors (Lipinski definition) is 0. The first kappa shape index (κ1) is 12.6. The summed E-state index contributed by atoms with van der Waals surface area (Å²) in [4.78, 5) is 4.53. The number of para-hydroxylation sites is 1. The van der Waals surface area contributed by atoms with Crippen LogP contribution < -0.4 is 0 Å². The third-order valence-electron chi connectivity index (χ3n) is 3.54. The summed E-state index contributed by atoms with van der Waals surface area (Å²) in [7, 11) is -1.73. The molecule has 1 aromatic carbocycles. The van der Waals surface area contributed by atoms with Gasteiger partial charge in [-0.3, -0.25) is 4.98 Å². The number of halogens is 1. The van der Waals surface area contributed by atoms with Crippen molar-refractivity contribution in [2.45, 2.75) is 19.5 Å². The number of nitrogens with zero attached hydrogens (tertiary/aromatic N) is 1. The van der Waals surface area contributed by atoms with E-state index in [1.807, 2.05) is 12.3 Å². The summed E-state index contributed by atoms with van der Waals surface area (Å²) < 4.78 is 0. The van der Waals surface area contributed by atoms with Crippen molar-refractivity contribution in [1.82, 2.24) is 4.98 Å². The van der Waals surface area contributed by atoms with Crippen LogP contribution in [0.4, 0.5) is 0 Å². The summed E-state index contributed by atoms with van der Waals surface area (Å²) in [5.74, 6) is 0. The largest absolute Gasteiger partial charge is 0.256 e. The van der Waals surface area contributed by atoms with Crippen LogP contribution in [-0.2, 0) is 0 Å². The predicted octanol–water partition coefficient (Wildman–Crippen LogP) is 4.93. The minimum atomic E-state index is -1.73. The molecule has 1 aliphatic carbocycles. The molecule has 0 fully saturated rings. The maximum absolute atomic E-state index is 6.52. The monoisotopic (exact) mass is 285 g/mol. The van der Waals surface area contributed by atoms with Crippen molar-refractivity contribution in [3.63, 3.8) is 0 Å². The van der Waals surface area contributed by atoms with E-state index in [9.17, 15) is 0 Å². The summed E-state index contributed by atoms with van der Waals surface area (Å²) in [5, 5.41) is 2.52. The SMILES string of the molecule is C[Si](C)(Cl)C1=CCC(c2cccc3cccnc23)=C1. The first-order chi connectivity index (χ1) is 9.05. The number of benzene rings is 1. The Kier molecular flexibility index (Phi) is 3.07. The van der Waals surface area contributed by atoms with Gasteiger partial charge >= 0.3 is 0 Å². The molecule has 1 nitrogen and oxygen atoms in total. The maximum Gasteiger partial charge on any atom is 0.180 e. The Hall–Kier alpha value is -1.38. The van der Waals surface area contributed by atoms with Crippen LogP contribution in [-0.4, -0.2) is 12.4 Å². The zero-order valence-electron chi connectivity index (χ0n) is 11.2. The van der Waals surface area contributed by atoms with Crippen LogP contribution in [0.1, 0.15) is 12.0 Å². The molecule has 0 spiro atoms. The van der Waals surface area contributed by atoms with Crippen LogP contribution in [0.25, 0.3) is 16.5 Å². The summed E-state index contributed by atoms with van der Waals surface area (Å²) in [5.41, 5.74) is 3.65. The summed E-state index contributed by atoms with van der Waals surface area (Å²) in [6.45, 7) is 4.34. The molecule has 1 heterocycles. The standard InChI is InChI=1S/C16H16ClNSi/c1-19(2,17)14-9-8-13(11-14)15-7-3-5-12-6-4-10-18-16(12)15/h3-7,9-11H,8H2,1-2H3. The van der Waals surface area contributed by atoms with Crippen molar-refractivity contribution in [2.75, 3.05) is 0 Å². The molecule has 0 amide bonds. The highest BCUT2D eigenvalue weighted by Gasteiger charge is 2.25. The van der Waals surface area contributed by atoms with Crippen LogP contribution >= 0.6 is 11.1 Å². The van der Waals surface area contributed by atoms with Gasteiger partial charge in [-0.1, -0.05) is 49.5 Å². The summed E-state index contributed by atoms with van der Waals surface area (Å²) >= 11 is 6.52. The van der Waals surface area contributed by atoms with Gasteiger partial charge in [0.15, 0.2) is 7.38 Å². The smallest absolute Gasteiger partial charge is 0.180 e. The van der Waals surface area contributed by atoms with Gasteiger partial charge in [0.05, 0.1) is 5.52 Å². The highest BCUT2D eigenvalue weighted by Crippen LogP contribution is 2.35. The second-order valence-electron chi connectivity index (χ2n) is 5.39. The molecular formula is C16H16ClNSi. The van der Waals surface area contributed by atoms with Gasteiger partial charge in [0.25, 0.3) is 0 Å². The Balaban J connectivity index is 2.08. The highest BCUT2D eigenvalue weighted by molar-refractivity contribution is 7.23. The van der Waals surface area contributed by atoms with E-state index in [2.05, 4.69) is 54.5 Å². The molecule has 2 aromatic rings. The average molecular weight is 286 g/mol. The number of pyridine rings is 1. The van der Waals surface area contributed by atoms with Crippen LogP contribution in [0.2, 0.25) is 13.1 Å². The molecular weight excluding hydrogens is 270 g/mol. The van der Waals surface area contributed by atoms with E-state index in [1.54, 1.807) is 0 Å². The van der Waals surface area contributed by atoms with E-state index < -0.39 is 7.38 Å². The van der Waals surface area contributed by atoms with Gasteiger partial charge in [0, 0.05) is 17.1 Å². The molecule has 96 valence electrons. The molecule has 0 N–H and O–H groups in total. The number of allylic oxidation sites excluding steroid dienone is 4. The lowest BCUT2D eigenvalue weighted by Gasteiger charge is -2.12. The number of aromatic nitrogens is 1. The maximum atomic E-state index is 6.52. The Morgan fingerprint density at radius 1 is 1.16 bits per heavy atom. The lowest BCUT2D eigenvalue weighted by molar-refractivity contribution is 1.37. The normalized spacial score (nSPS) is 15.5. The highest BCUT2D eigenvalue weighted by atomic mass is 35.6. The lowest BCUT2D eigenvalue weighted by Crippen LogP contribution is -2.18. The van der Waals surface area contributed by atoms with Crippen molar-refractivity contribution in [2.24, 2.45) is 0 Å². The van der Waals surface area contributed by atoms with Crippen molar-refractivity contribution < 1.29 is 0 Å². The summed E-state index contributed by atoms with van der Waals surface area (Å²) in [6.07, 6.45) is 7.36. The first-order valence-electron chi connectivity index (χ1n) is 6.50. The Bertz CT molecular complexity index is 690. The second kappa shape index (κ2) is 4.62. The molecule has 0 atom stereocenters. The van der Waals surface area contributed by atoms with Crippen molar-refractivity contribution in [3.8, 4) is 0 Å². The topological polar surface area (TPSA) is 12.9 Å². The average Bonchev–Trinajstić information content (AvgIpc) is 2.87. The Morgan fingerprint density at radius 2 is 1.95 bits per heavy atom. The fourth-order valence-corrected chi connectivity index (χ4v) is 3.99. The van der Waals surface area contributed by atoms with E-state index >= 15 is 0 Å². The number of fused-ring (bicyclic) bond motifs is 1. The molecule has 3 heteroatoms. The molecule has 1 aliphatic rings. The van der Waals surface area contributed by atoms with E-state index in [0.717, 1.165) is 11.9 Å². The van der Waals surface area contributed by atoms with Gasteiger partial charge in [0.2, 0.25) is 0 Å². The first-order valence-corrected chi connectivity index (χ1v) is 10.5. The molecule has 0 saturated heterocycles. The number of rotatable bonds is 2. The van der Waals surface area contributed by atoms with E-state index in [1.165, 1.54) is 21.7 Å². The van der Waals surface area contributed by atoms with Crippen molar-refractivity contribution >= 4 is 34.9 Å². The quantitative estimate of drug-likeness (QED) is 0.563. The molecule has 3 rings (SSSR count). The minimum Gasteiger partial charge on any atom is -0.256 e. The van der Waals surface area contributed by atoms with Gasteiger partial charge in [-0.05, 0) is 23.3 Å². The lowest BCUT2D eigenvalue weighted by atomic mass is 10.0. The molecule has 0 saturated carbocycles. The zero-order chi connectivity index (χ0) is 13.5. The van der Waals surface area contributed by atoms with E-state index in [0.29, 0.717) is 0 Å². The minimum absolute atomic E-state index is 0.966. The summed E-state index contributed by atoms with van der Waals surface area (Å²) in [6, 6.07) is 10.4. The van der Waals surface area contributed by atoms with Gasteiger partial charge < -0.3 is 0 Å². The van der Waals surface area contributed by atoms with Crippen molar-refractivity contribution in [1.29, 1.82) is 0 Å². The van der Waals surface area contributed by atoms with Crippen LogP contribution in [0.15, 0.2) is 53.9 Å². The Labute approximate surface area is 119 Å². The van der Waals surface area contributed by atoms with E-state index in [4.69, 9.17) is 11.1 Å². The molecule has 0 radical (unpaired) electrons. The predicted molar refractivity (Wildman–Crippen MR) is 85.8 cm³/mol. The molecule has 19 heavy (non-hydrogen) atoms. The molecule has 0 aliphatic heterocycles. The van der Waals surface area contributed by atoms with Gasteiger partial charge in [-0.25, -0.2) is 0 Å². The number of hydrogen-bond acceptors (Lipinski definition) is 1. The molecule has 0 bridgehead atoms. The Morgan fingerprint density at radius 3 is 2.68 bits per heavy atom. The van der Waals surface area contributed by atoms with E-state index in [-0.39, 0.29) is 0 Å². The fourth-order valence-electron chi connectivity index (χ4n) is 2.49. The van der Waals surface area contributed by atoms with Crippen LogP contribution in [0.3, 0.4) is 0 Å².